The summed E-state index contributed by atoms with van der Waals surface area (Å²) < 4.78 is 0. The highest BCUT2D eigenvalue weighted by molar-refractivity contribution is 5.04. The van der Waals surface area contributed by atoms with Crippen molar-refractivity contribution in [2.24, 2.45) is 5.11 Å². The van der Waals surface area contributed by atoms with Gasteiger partial charge in [0.1, 0.15) is 0 Å². The van der Waals surface area contributed by atoms with Gasteiger partial charge in [0, 0.05) is 11.1 Å². The van der Waals surface area contributed by atoms with E-state index in [-0.39, 0.29) is 0 Å². The summed E-state index contributed by atoms with van der Waals surface area (Å²) in [4.78, 5) is 2.65. The summed E-state index contributed by atoms with van der Waals surface area (Å²) >= 11 is 0. The lowest BCUT2D eigenvalue weighted by Crippen LogP contribution is -1.66. The molecule has 0 atom stereocenters. The summed E-state index contributed by atoms with van der Waals surface area (Å²) in [6, 6.07) is 0. The summed E-state index contributed by atoms with van der Waals surface area (Å²) in [5.41, 5.74) is 9.24. The van der Waals surface area contributed by atoms with Crippen LogP contribution in [0.3, 0.4) is 0 Å². The second-order valence-electron chi connectivity index (χ2n) is 2.20. The van der Waals surface area contributed by atoms with Gasteiger partial charge in [-0.2, -0.15) is 0 Å². The average Bonchev–Trinajstić information content (AvgIpc) is 2.34. The Hall–Kier alpha value is -0.950. The van der Waals surface area contributed by atoms with Gasteiger partial charge in [0.2, 0.25) is 0 Å². The van der Waals surface area contributed by atoms with Crippen LogP contribution in [-0.2, 0) is 0 Å². The molecule has 0 spiro atoms. The molecule has 0 radical (unpaired) electrons. The van der Waals surface area contributed by atoms with Crippen LogP contribution in [0.5, 0.6) is 0 Å². The maximum absolute atomic E-state index is 7.94. The Morgan fingerprint density at radius 1 is 1.44 bits per heavy atom. The van der Waals surface area contributed by atoms with Crippen LogP contribution in [0.15, 0.2) is 16.9 Å². The molecule has 1 rings (SSSR count). The fourth-order valence-electron chi connectivity index (χ4n) is 1.07. The van der Waals surface area contributed by atoms with E-state index in [0.717, 1.165) is 12.8 Å². The first-order valence-corrected chi connectivity index (χ1v) is 3.15. The van der Waals surface area contributed by atoms with Crippen molar-refractivity contribution in [3.63, 3.8) is 0 Å². The largest absolute Gasteiger partial charge is 0.0686 e. The van der Waals surface area contributed by atoms with E-state index in [1.165, 1.54) is 18.4 Å². The van der Waals surface area contributed by atoms with Crippen LogP contribution >= 0.6 is 0 Å². The fourth-order valence-corrected chi connectivity index (χ4v) is 1.07. The Labute approximate surface area is 54.0 Å². The zero-order chi connectivity index (χ0) is 6.53. The summed E-state index contributed by atoms with van der Waals surface area (Å²) in [6.45, 7) is 0. The van der Waals surface area contributed by atoms with Crippen molar-refractivity contribution in [3.8, 4) is 0 Å². The predicted octanol–water partition coefficient (Wildman–Crippen LogP) is 2.75. The zero-order valence-electron chi connectivity index (χ0n) is 5.25. The van der Waals surface area contributed by atoms with Crippen LogP contribution in [0.2, 0.25) is 0 Å². The minimum absolute atomic E-state index is 1.12. The van der Waals surface area contributed by atoms with Crippen molar-refractivity contribution in [1.29, 1.82) is 0 Å². The SMILES string of the molecule is [N-]=[N+]=NC=C1CCCC1. The quantitative estimate of drug-likeness (QED) is 0.292. The number of rotatable bonds is 1. The van der Waals surface area contributed by atoms with Crippen molar-refractivity contribution in [2.45, 2.75) is 25.7 Å². The highest BCUT2D eigenvalue weighted by Crippen LogP contribution is 2.23. The van der Waals surface area contributed by atoms with E-state index in [4.69, 9.17) is 5.53 Å². The minimum Gasteiger partial charge on any atom is -0.0686 e. The third kappa shape index (κ3) is 1.78. The second-order valence-corrected chi connectivity index (χ2v) is 2.20. The molecule has 1 aliphatic rings. The second kappa shape index (κ2) is 3.15. The molecular formula is C6H9N3. The first-order valence-electron chi connectivity index (χ1n) is 3.15. The standard InChI is InChI=1S/C6H9N3/c7-9-8-5-6-3-1-2-4-6/h5H,1-4H2. The first kappa shape index (κ1) is 6.17. The van der Waals surface area contributed by atoms with Gasteiger partial charge < -0.3 is 0 Å². The molecule has 1 aliphatic carbocycles. The predicted molar refractivity (Wildman–Crippen MR) is 35.7 cm³/mol. The molecule has 0 N–H and O–H groups in total. The van der Waals surface area contributed by atoms with E-state index in [9.17, 15) is 0 Å². The molecule has 0 aromatic heterocycles. The van der Waals surface area contributed by atoms with Crippen LogP contribution in [0.1, 0.15) is 25.7 Å². The Bertz CT molecular complexity index is 157. The first-order chi connectivity index (χ1) is 4.43. The molecule has 0 unspecified atom stereocenters. The molecule has 0 aromatic carbocycles. The molecule has 0 saturated heterocycles. The van der Waals surface area contributed by atoms with E-state index < -0.39 is 0 Å². The van der Waals surface area contributed by atoms with Gasteiger partial charge in [-0.05, 0) is 31.2 Å². The molecule has 0 heterocycles. The third-order valence-electron chi connectivity index (χ3n) is 1.54. The van der Waals surface area contributed by atoms with E-state index >= 15 is 0 Å². The molecule has 0 bridgehead atoms. The smallest absolute Gasteiger partial charge is 0.00475 e. The van der Waals surface area contributed by atoms with Crippen LogP contribution < -0.4 is 0 Å². The Balaban J connectivity index is 2.49. The molecule has 1 saturated carbocycles. The maximum Gasteiger partial charge on any atom is 0.00475 e. The highest BCUT2D eigenvalue weighted by Gasteiger charge is 2.03. The number of azide groups is 1. The van der Waals surface area contributed by atoms with Crippen LogP contribution in [0.4, 0.5) is 0 Å². The summed E-state index contributed by atoms with van der Waals surface area (Å²) in [5, 5.41) is 3.37. The number of hydrogen-bond acceptors (Lipinski definition) is 1. The van der Waals surface area contributed by atoms with E-state index in [2.05, 4.69) is 10.0 Å². The van der Waals surface area contributed by atoms with E-state index in [0.29, 0.717) is 0 Å². The van der Waals surface area contributed by atoms with E-state index in [1.54, 1.807) is 6.20 Å². The number of hydrogen-bond donors (Lipinski definition) is 0. The van der Waals surface area contributed by atoms with E-state index in [1.807, 2.05) is 0 Å². The number of nitrogens with zero attached hydrogens (tertiary/aromatic N) is 3. The topological polar surface area (TPSA) is 48.8 Å². The van der Waals surface area contributed by atoms with Crippen molar-refractivity contribution in [2.75, 3.05) is 0 Å². The van der Waals surface area contributed by atoms with Gasteiger partial charge in [0.15, 0.2) is 0 Å². The molecule has 0 amide bonds. The molecule has 0 aliphatic heterocycles. The number of allylic oxidation sites excluding steroid dienone is 1. The monoisotopic (exact) mass is 123 g/mol. The lowest BCUT2D eigenvalue weighted by atomic mass is 10.2. The fraction of sp³-hybridized carbons (Fsp3) is 0.667. The highest BCUT2D eigenvalue weighted by atomic mass is 15.1. The van der Waals surface area contributed by atoms with Gasteiger partial charge in [0.25, 0.3) is 0 Å². The van der Waals surface area contributed by atoms with Crippen molar-refractivity contribution in [1.82, 2.24) is 0 Å². The van der Waals surface area contributed by atoms with Crippen LogP contribution in [0.25, 0.3) is 10.4 Å². The van der Waals surface area contributed by atoms with Crippen molar-refractivity contribution in [3.05, 3.63) is 22.2 Å². The molecule has 0 aromatic rings. The lowest BCUT2D eigenvalue weighted by Gasteiger charge is -1.85. The van der Waals surface area contributed by atoms with Crippen LogP contribution in [0, 0.1) is 0 Å². The molecule has 48 valence electrons. The molecule has 1 fully saturated rings. The Morgan fingerprint density at radius 3 is 2.67 bits per heavy atom. The van der Waals surface area contributed by atoms with Gasteiger partial charge in [-0.3, -0.25) is 0 Å². The van der Waals surface area contributed by atoms with Crippen molar-refractivity contribution >= 4 is 0 Å². The van der Waals surface area contributed by atoms with Crippen molar-refractivity contribution < 1.29 is 0 Å². The van der Waals surface area contributed by atoms with Gasteiger partial charge in [-0.25, -0.2) is 0 Å². The van der Waals surface area contributed by atoms with Gasteiger partial charge in [-0.15, -0.1) is 0 Å². The third-order valence-corrected chi connectivity index (χ3v) is 1.54. The Kier molecular flexibility index (Phi) is 2.16. The molecular weight excluding hydrogens is 114 g/mol. The van der Waals surface area contributed by atoms with Crippen LogP contribution in [-0.4, -0.2) is 0 Å². The zero-order valence-corrected chi connectivity index (χ0v) is 5.25. The summed E-state index contributed by atoms with van der Waals surface area (Å²) in [7, 11) is 0. The summed E-state index contributed by atoms with van der Waals surface area (Å²) in [6.07, 6.45) is 6.41. The molecule has 9 heavy (non-hydrogen) atoms. The maximum atomic E-state index is 7.94. The van der Waals surface area contributed by atoms with Gasteiger partial charge >= 0.3 is 0 Å². The average molecular weight is 123 g/mol. The Morgan fingerprint density at radius 2 is 2.11 bits per heavy atom. The lowest BCUT2D eigenvalue weighted by molar-refractivity contribution is 0.886. The van der Waals surface area contributed by atoms with Gasteiger partial charge in [0.05, 0.1) is 0 Å². The minimum atomic E-state index is 1.12. The summed E-state index contributed by atoms with van der Waals surface area (Å²) in [5.74, 6) is 0. The normalized spacial score (nSPS) is 17.1. The van der Waals surface area contributed by atoms with Gasteiger partial charge in [-0.1, -0.05) is 10.7 Å². The molecule has 3 heteroatoms. The molecule has 3 nitrogen and oxygen atoms in total.